The van der Waals surface area contributed by atoms with E-state index < -0.39 is 68.5 Å². The third-order valence-corrected chi connectivity index (χ3v) is 7.85. The van der Waals surface area contributed by atoms with Gasteiger partial charge in [-0.25, -0.2) is 18.0 Å². The molecule has 214 valence electrons. The van der Waals surface area contributed by atoms with Crippen LogP contribution >= 0.6 is 0 Å². The number of rotatable bonds is 8. The predicted octanol–water partition coefficient (Wildman–Crippen LogP) is 1.26. The fourth-order valence-electron chi connectivity index (χ4n) is 4.44. The fraction of sp³-hybridized carbons (Fsp3) is 0.520. The molecule has 0 aromatic heterocycles. The number of amides is 1. The van der Waals surface area contributed by atoms with Gasteiger partial charge in [-0.1, -0.05) is 5.92 Å². The number of fused-ring (bicyclic) bond motifs is 1. The lowest BCUT2D eigenvalue weighted by atomic mass is 9.89. The largest absolute Gasteiger partial charge is 0.506 e. The lowest BCUT2D eigenvalue weighted by Crippen LogP contribution is -2.65. The zero-order chi connectivity index (χ0) is 29.1. The van der Waals surface area contributed by atoms with Gasteiger partial charge in [0.15, 0.2) is 27.0 Å². The zero-order valence-electron chi connectivity index (χ0n) is 22.0. The van der Waals surface area contributed by atoms with Gasteiger partial charge < -0.3 is 33.9 Å². The number of carbonyl (C=O) groups excluding carboxylic acids is 2. The molecule has 0 aliphatic carbocycles. The minimum atomic E-state index is -4.24. The first-order chi connectivity index (χ1) is 18.3. The van der Waals surface area contributed by atoms with Crippen LogP contribution in [-0.4, -0.2) is 81.2 Å². The normalized spacial score (nSPS) is 25.2. The number of ether oxygens (including phenoxy) is 5. The van der Waals surface area contributed by atoms with Crippen LogP contribution < -0.4 is 10.2 Å². The molecule has 14 heteroatoms. The number of aliphatic hydroxyl groups excluding tert-OH is 2. The fourth-order valence-corrected chi connectivity index (χ4v) is 6.06. The molecule has 3 rings (SSSR count). The van der Waals surface area contributed by atoms with Crippen molar-refractivity contribution < 1.29 is 56.7 Å². The Morgan fingerprint density at radius 1 is 1.31 bits per heavy atom. The van der Waals surface area contributed by atoms with Crippen LogP contribution in [0.4, 0.5) is 4.79 Å². The van der Waals surface area contributed by atoms with Gasteiger partial charge in [0.2, 0.25) is 6.29 Å². The quantitative estimate of drug-likeness (QED) is 0.177. The molecule has 0 spiro atoms. The Morgan fingerprint density at radius 3 is 2.62 bits per heavy atom. The van der Waals surface area contributed by atoms with Crippen LogP contribution in [0.1, 0.15) is 37.5 Å². The molecule has 1 saturated heterocycles. The van der Waals surface area contributed by atoms with Gasteiger partial charge in [-0.15, -0.1) is 6.42 Å². The first kappa shape index (κ1) is 30.2. The van der Waals surface area contributed by atoms with Gasteiger partial charge in [0.25, 0.3) is 0 Å². The van der Waals surface area contributed by atoms with E-state index in [9.17, 15) is 28.2 Å². The lowest BCUT2D eigenvalue weighted by Gasteiger charge is -2.47. The molecule has 0 saturated carbocycles. The van der Waals surface area contributed by atoms with Gasteiger partial charge in [-0.05, 0) is 51.0 Å². The van der Waals surface area contributed by atoms with Crippen molar-refractivity contribution in [3.63, 3.8) is 0 Å². The average Bonchev–Trinajstić information content (AvgIpc) is 2.84. The van der Waals surface area contributed by atoms with E-state index in [0.717, 1.165) is 0 Å². The molecule has 13 nitrogen and oxygen atoms in total. The summed E-state index contributed by atoms with van der Waals surface area (Å²) in [6, 6.07) is 2.80. The molecule has 1 aromatic rings. The smallest absolute Gasteiger partial charge is 0.431 e. The molecule has 2 heterocycles. The van der Waals surface area contributed by atoms with Crippen molar-refractivity contribution in [1.82, 2.24) is 5.48 Å². The third-order valence-electron chi connectivity index (χ3n) is 6.20. The van der Waals surface area contributed by atoms with E-state index in [0.29, 0.717) is 5.56 Å². The minimum Gasteiger partial charge on any atom is -0.506 e. The number of terminal acetylenes is 1. The molecule has 39 heavy (non-hydrogen) atoms. The molecule has 0 bridgehead atoms. The van der Waals surface area contributed by atoms with Crippen molar-refractivity contribution in [3.05, 3.63) is 33.7 Å². The van der Waals surface area contributed by atoms with E-state index in [-0.39, 0.29) is 30.1 Å². The maximum absolute atomic E-state index is 12.9. The molecular formula is C25H31NO12S. The van der Waals surface area contributed by atoms with Crippen LogP contribution in [0.15, 0.2) is 17.0 Å². The molecular weight excluding hydrogens is 538 g/mol. The highest BCUT2D eigenvalue weighted by atomic mass is 32.2. The topological polar surface area (TPSA) is 176 Å². The standard InChI is InChI=1S/C25H31NO12S/c1-7-11-35-26-24(30)37-19-18(28)23(38-25(4,5)21(19)33-6)36-16-10-9-14-15(13(16)3)12-39(31,32)20(17(14)27)22(29)34-8-2/h1,9-10,18-19,21,23,27-28H,8,11-12H2,2-6H3,(H,26,30)/t18-,19+,21-,23-/m1/s1. The van der Waals surface area contributed by atoms with Crippen molar-refractivity contribution in [2.45, 2.75) is 63.7 Å². The summed E-state index contributed by atoms with van der Waals surface area (Å²) < 4.78 is 53.2. The molecule has 2 aliphatic rings. The van der Waals surface area contributed by atoms with Crippen molar-refractivity contribution in [2.75, 3.05) is 20.3 Å². The molecule has 1 aromatic carbocycles. The Balaban J connectivity index is 1.93. The second-order valence-corrected chi connectivity index (χ2v) is 11.1. The summed E-state index contributed by atoms with van der Waals surface area (Å²) in [5.74, 6) is -0.189. The molecule has 0 unspecified atom stereocenters. The van der Waals surface area contributed by atoms with Gasteiger partial charge in [0.1, 0.15) is 24.2 Å². The second-order valence-electron chi connectivity index (χ2n) is 9.19. The van der Waals surface area contributed by atoms with Gasteiger partial charge in [0, 0.05) is 12.7 Å². The van der Waals surface area contributed by atoms with Gasteiger partial charge in [-0.2, -0.15) is 5.48 Å². The Hall–Kier alpha value is -3.35. The maximum Gasteiger partial charge on any atom is 0.431 e. The number of hydroxylamine groups is 1. The molecule has 1 fully saturated rings. The summed E-state index contributed by atoms with van der Waals surface area (Å²) in [4.78, 5) is 28.4. The number of hydrogen-bond donors (Lipinski definition) is 3. The van der Waals surface area contributed by atoms with E-state index >= 15 is 0 Å². The van der Waals surface area contributed by atoms with E-state index in [1.54, 1.807) is 20.8 Å². The number of benzene rings is 1. The van der Waals surface area contributed by atoms with Crippen LogP contribution in [0.5, 0.6) is 5.75 Å². The summed E-state index contributed by atoms with van der Waals surface area (Å²) >= 11 is 0. The highest BCUT2D eigenvalue weighted by Crippen LogP contribution is 2.40. The Morgan fingerprint density at radius 2 is 2.00 bits per heavy atom. The first-order valence-electron chi connectivity index (χ1n) is 11.8. The number of esters is 1. The monoisotopic (exact) mass is 569 g/mol. The van der Waals surface area contributed by atoms with Crippen molar-refractivity contribution in [2.24, 2.45) is 0 Å². The van der Waals surface area contributed by atoms with Crippen molar-refractivity contribution in [3.8, 4) is 18.1 Å². The third kappa shape index (κ3) is 6.13. The molecule has 1 amide bonds. The highest BCUT2D eigenvalue weighted by Gasteiger charge is 2.53. The van der Waals surface area contributed by atoms with Gasteiger partial charge >= 0.3 is 12.1 Å². The van der Waals surface area contributed by atoms with E-state index in [1.165, 1.54) is 26.2 Å². The number of methoxy groups -OCH3 is 1. The summed E-state index contributed by atoms with van der Waals surface area (Å²) in [6.45, 7) is 6.06. The summed E-state index contributed by atoms with van der Waals surface area (Å²) in [5, 5.41) is 21.7. The number of aliphatic hydroxyl groups is 2. The Labute approximate surface area is 225 Å². The number of nitrogens with one attached hydrogen (secondary N) is 1. The van der Waals surface area contributed by atoms with Crippen molar-refractivity contribution in [1.29, 1.82) is 0 Å². The summed E-state index contributed by atoms with van der Waals surface area (Å²) in [6.07, 6.45) is -1.14. The van der Waals surface area contributed by atoms with Crippen LogP contribution in [0.2, 0.25) is 0 Å². The van der Waals surface area contributed by atoms with E-state index in [4.69, 9.17) is 34.9 Å². The molecule has 3 N–H and O–H groups in total. The number of hydrogen-bond acceptors (Lipinski definition) is 12. The van der Waals surface area contributed by atoms with Crippen LogP contribution in [-0.2, 0) is 44.2 Å². The molecule has 0 radical (unpaired) electrons. The van der Waals surface area contributed by atoms with Gasteiger partial charge in [-0.3, -0.25) is 4.84 Å². The minimum absolute atomic E-state index is 0.0713. The summed E-state index contributed by atoms with van der Waals surface area (Å²) in [7, 11) is -2.89. The maximum atomic E-state index is 12.9. The van der Waals surface area contributed by atoms with Crippen molar-refractivity contribution >= 4 is 27.7 Å². The van der Waals surface area contributed by atoms with E-state index in [2.05, 4.69) is 5.92 Å². The summed E-state index contributed by atoms with van der Waals surface area (Å²) in [5.41, 5.74) is 1.48. The lowest BCUT2D eigenvalue weighted by molar-refractivity contribution is -0.305. The average molecular weight is 570 g/mol. The molecule has 2 aliphatic heterocycles. The zero-order valence-corrected chi connectivity index (χ0v) is 22.9. The second kappa shape index (κ2) is 11.8. The van der Waals surface area contributed by atoms with E-state index in [1.807, 2.05) is 5.48 Å². The predicted molar refractivity (Wildman–Crippen MR) is 135 cm³/mol. The van der Waals surface area contributed by atoms with Gasteiger partial charge in [0.05, 0.1) is 18.0 Å². The Bertz CT molecular complexity index is 1300. The Kier molecular flexibility index (Phi) is 9.14. The molecule has 4 atom stereocenters. The van der Waals surface area contributed by atoms with Crippen LogP contribution in [0, 0.1) is 19.3 Å². The van der Waals surface area contributed by atoms with Crippen LogP contribution in [0.25, 0.3) is 5.76 Å². The first-order valence-corrected chi connectivity index (χ1v) is 13.5. The number of carbonyl (C=O) groups is 2. The number of sulfone groups is 1. The SMILES string of the molecule is C#CCONC(=O)O[C@H]1[C@@H](O)[C@H](Oc2ccc3c(c2C)CS(=O)(=O)C(C(=O)OCC)=C3O)OC(C)(C)[C@@H]1OC. The van der Waals surface area contributed by atoms with Crippen LogP contribution in [0.3, 0.4) is 0 Å². The highest BCUT2D eigenvalue weighted by molar-refractivity contribution is 7.95.